The summed E-state index contributed by atoms with van der Waals surface area (Å²) >= 11 is 0. The predicted molar refractivity (Wildman–Crippen MR) is 136 cm³/mol. The maximum absolute atomic E-state index is 12.5. The van der Waals surface area contributed by atoms with Crippen molar-refractivity contribution in [1.29, 1.82) is 0 Å². The maximum Gasteiger partial charge on any atom is 0.410 e. The Balaban J connectivity index is 1.34. The molecule has 0 aromatic heterocycles. The normalized spacial score (nSPS) is 14.9. The smallest absolute Gasteiger partial charge is 0.410 e. The fraction of sp³-hybridized carbons (Fsp3) is 0.480. The van der Waals surface area contributed by atoms with E-state index in [4.69, 9.17) is 4.74 Å². The quantitative estimate of drug-likeness (QED) is 0.458. The minimum Gasteiger partial charge on any atom is -0.444 e. The van der Waals surface area contributed by atoms with Crippen LogP contribution in [0.1, 0.15) is 33.6 Å². The number of benzene rings is 2. The number of carbonyl (C=O) groups is 3. The van der Waals surface area contributed by atoms with Crippen LogP contribution >= 0.6 is 0 Å². The van der Waals surface area contributed by atoms with Crippen LogP contribution in [-0.2, 0) is 24.3 Å². The van der Waals surface area contributed by atoms with Crippen LogP contribution in [0.25, 0.3) is 10.8 Å². The van der Waals surface area contributed by atoms with E-state index in [1.165, 1.54) is 6.07 Å². The van der Waals surface area contributed by atoms with Gasteiger partial charge in [0.15, 0.2) is 0 Å². The van der Waals surface area contributed by atoms with Crippen molar-refractivity contribution < 1.29 is 27.5 Å². The first kappa shape index (κ1) is 27.4. The summed E-state index contributed by atoms with van der Waals surface area (Å²) in [6.07, 6.45) is 0.697. The van der Waals surface area contributed by atoms with Crippen LogP contribution in [0, 0.1) is 5.92 Å². The van der Waals surface area contributed by atoms with Crippen molar-refractivity contribution in [2.75, 3.05) is 32.7 Å². The minimum atomic E-state index is -3.84. The van der Waals surface area contributed by atoms with Crippen molar-refractivity contribution in [3.05, 3.63) is 42.5 Å². The van der Waals surface area contributed by atoms with Crippen molar-refractivity contribution in [1.82, 2.24) is 20.3 Å². The van der Waals surface area contributed by atoms with Crippen molar-refractivity contribution in [2.45, 2.75) is 44.1 Å². The van der Waals surface area contributed by atoms with Gasteiger partial charge in [-0.2, -0.15) is 0 Å². The first-order valence-corrected chi connectivity index (χ1v) is 13.4. The highest BCUT2D eigenvalue weighted by Crippen LogP contribution is 2.20. The van der Waals surface area contributed by atoms with Gasteiger partial charge in [0.2, 0.25) is 21.8 Å². The average Bonchev–Trinajstić information content (AvgIpc) is 2.84. The standard InChI is InChI=1S/C25H34N4O6S/c1-25(2,3)35-24(32)29-14-10-19(11-15-29)23(31)27-13-12-26-22(30)17-28-36(33,34)21-9-8-18-6-4-5-7-20(18)16-21/h4-9,16,19,28H,10-15,17H2,1-3H3,(H,26,30)(H,27,31). The molecule has 0 unspecified atom stereocenters. The van der Waals surface area contributed by atoms with Crippen LogP contribution < -0.4 is 15.4 Å². The van der Waals surface area contributed by atoms with Gasteiger partial charge >= 0.3 is 6.09 Å². The van der Waals surface area contributed by atoms with Gasteiger partial charge in [0.25, 0.3) is 0 Å². The number of carbonyl (C=O) groups excluding carboxylic acids is 3. The molecule has 0 saturated carbocycles. The van der Waals surface area contributed by atoms with Gasteiger partial charge < -0.3 is 20.3 Å². The molecule has 0 bridgehead atoms. The van der Waals surface area contributed by atoms with E-state index in [1.807, 2.05) is 45.0 Å². The fourth-order valence-electron chi connectivity index (χ4n) is 3.82. The van der Waals surface area contributed by atoms with Crippen molar-refractivity contribution >= 4 is 38.7 Å². The number of piperidine rings is 1. The SMILES string of the molecule is CC(C)(C)OC(=O)N1CCC(C(=O)NCCNC(=O)CNS(=O)(=O)c2ccc3ccccc3c2)CC1. The molecular weight excluding hydrogens is 484 g/mol. The highest BCUT2D eigenvalue weighted by Gasteiger charge is 2.29. The molecule has 3 amide bonds. The molecule has 2 aromatic carbocycles. The highest BCUT2D eigenvalue weighted by molar-refractivity contribution is 7.89. The number of hydrogen-bond acceptors (Lipinski definition) is 6. The van der Waals surface area contributed by atoms with E-state index in [-0.39, 0.29) is 35.9 Å². The van der Waals surface area contributed by atoms with Crippen LogP contribution in [0.5, 0.6) is 0 Å². The third-order valence-electron chi connectivity index (χ3n) is 5.72. The number of hydrogen-bond donors (Lipinski definition) is 3. The van der Waals surface area contributed by atoms with Crippen LogP contribution in [0.4, 0.5) is 4.79 Å². The van der Waals surface area contributed by atoms with Gasteiger partial charge in [-0.15, -0.1) is 0 Å². The minimum absolute atomic E-state index is 0.0824. The molecular formula is C25H34N4O6S. The Hall–Kier alpha value is -3.18. The first-order valence-electron chi connectivity index (χ1n) is 12.0. The summed E-state index contributed by atoms with van der Waals surface area (Å²) in [5, 5.41) is 7.08. The molecule has 1 aliphatic heterocycles. The zero-order valence-corrected chi connectivity index (χ0v) is 21.7. The average molecular weight is 519 g/mol. The summed E-state index contributed by atoms with van der Waals surface area (Å²) in [6, 6.07) is 12.2. The Labute approximate surface area is 211 Å². The van der Waals surface area contributed by atoms with Gasteiger partial charge in [-0.3, -0.25) is 9.59 Å². The van der Waals surface area contributed by atoms with Gasteiger partial charge in [0.05, 0.1) is 11.4 Å². The molecule has 3 rings (SSSR count). The van der Waals surface area contributed by atoms with E-state index >= 15 is 0 Å². The number of nitrogens with one attached hydrogen (secondary N) is 3. The van der Waals surface area contributed by atoms with Crippen molar-refractivity contribution in [3.8, 4) is 0 Å². The summed E-state index contributed by atoms with van der Waals surface area (Å²) in [4.78, 5) is 38.3. The Bertz CT molecular complexity index is 1200. The maximum atomic E-state index is 12.5. The molecule has 1 saturated heterocycles. The number of fused-ring (bicyclic) bond motifs is 1. The molecule has 11 heteroatoms. The molecule has 0 radical (unpaired) electrons. The lowest BCUT2D eigenvalue weighted by molar-refractivity contribution is -0.126. The van der Waals surface area contributed by atoms with Gasteiger partial charge in [0, 0.05) is 32.1 Å². The second-order valence-electron chi connectivity index (χ2n) is 9.72. The summed E-state index contributed by atoms with van der Waals surface area (Å²) in [7, 11) is -3.84. The molecule has 1 fully saturated rings. The lowest BCUT2D eigenvalue weighted by Gasteiger charge is -2.32. The molecule has 2 aromatic rings. The van der Waals surface area contributed by atoms with Crippen LogP contribution in [-0.4, -0.2) is 69.6 Å². The summed E-state index contributed by atoms with van der Waals surface area (Å²) in [5.41, 5.74) is -0.564. The lowest BCUT2D eigenvalue weighted by atomic mass is 9.96. The number of rotatable bonds is 8. The number of ether oxygens (including phenoxy) is 1. The predicted octanol–water partition coefficient (Wildman–Crippen LogP) is 2.00. The second-order valence-corrected chi connectivity index (χ2v) is 11.5. The third kappa shape index (κ3) is 7.92. The summed E-state index contributed by atoms with van der Waals surface area (Å²) in [6.45, 7) is 6.29. The van der Waals surface area contributed by atoms with E-state index in [0.717, 1.165) is 10.8 Å². The van der Waals surface area contributed by atoms with Gasteiger partial charge in [-0.1, -0.05) is 30.3 Å². The largest absolute Gasteiger partial charge is 0.444 e. The number of sulfonamides is 1. The molecule has 196 valence electrons. The topological polar surface area (TPSA) is 134 Å². The summed E-state index contributed by atoms with van der Waals surface area (Å²) < 4.78 is 32.7. The zero-order valence-electron chi connectivity index (χ0n) is 20.9. The summed E-state index contributed by atoms with van der Waals surface area (Å²) in [5.74, 6) is -0.850. The number of amides is 3. The molecule has 36 heavy (non-hydrogen) atoms. The molecule has 3 N–H and O–H groups in total. The fourth-order valence-corrected chi connectivity index (χ4v) is 4.84. The molecule has 1 aliphatic rings. The van der Waals surface area contributed by atoms with Gasteiger partial charge in [-0.05, 0) is 56.5 Å². The van der Waals surface area contributed by atoms with Crippen molar-refractivity contribution in [3.63, 3.8) is 0 Å². The van der Waals surface area contributed by atoms with Crippen LogP contribution in [0.15, 0.2) is 47.4 Å². The van der Waals surface area contributed by atoms with E-state index in [9.17, 15) is 22.8 Å². The van der Waals surface area contributed by atoms with E-state index in [0.29, 0.717) is 25.9 Å². The Morgan fingerprint density at radius 1 is 0.972 bits per heavy atom. The Morgan fingerprint density at radius 3 is 2.28 bits per heavy atom. The van der Waals surface area contributed by atoms with Gasteiger partial charge in [0.1, 0.15) is 5.60 Å². The van der Waals surface area contributed by atoms with Gasteiger partial charge in [-0.25, -0.2) is 17.9 Å². The van der Waals surface area contributed by atoms with Crippen LogP contribution in [0.3, 0.4) is 0 Å². The zero-order chi connectivity index (χ0) is 26.3. The molecule has 0 aliphatic carbocycles. The van der Waals surface area contributed by atoms with E-state index in [1.54, 1.807) is 17.0 Å². The molecule has 0 spiro atoms. The number of likely N-dealkylation sites (tertiary alicyclic amines) is 1. The molecule has 10 nitrogen and oxygen atoms in total. The Kier molecular flexibility index (Phi) is 8.91. The van der Waals surface area contributed by atoms with E-state index < -0.39 is 28.1 Å². The van der Waals surface area contributed by atoms with Crippen molar-refractivity contribution in [2.24, 2.45) is 5.92 Å². The second kappa shape index (κ2) is 11.7. The van der Waals surface area contributed by atoms with E-state index in [2.05, 4.69) is 15.4 Å². The third-order valence-corrected chi connectivity index (χ3v) is 7.12. The first-order chi connectivity index (χ1) is 16.9. The van der Waals surface area contributed by atoms with Crippen LogP contribution in [0.2, 0.25) is 0 Å². The number of nitrogens with zero attached hydrogens (tertiary/aromatic N) is 1. The molecule has 0 atom stereocenters. The lowest BCUT2D eigenvalue weighted by Crippen LogP contribution is -2.46. The molecule has 1 heterocycles. The monoisotopic (exact) mass is 518 g/mol. The highest BCUT2D eigenvalue weighted by atomic mass is 32.2. The Morgan fingerprint density at radius 2 is 1.61 bits per heavy atom.